The van der Waals surface area contributed by atoms with E-state index in [9.17, 15) is 4.79 Å². The molecule has 0 aliphatic carbocycles. The third-order valence-corrected chi connectivity index (χ3v) is 5.48. The molecule has 0 saturated carbocycles. The van der Waals surface area contributed by atoms with Gasteiger partial charge in [-0.15, -0.1) is 0 Å². The first-order valence-electron chi connectivity index (χ1n) is 9.10. The Morgan fingerprint density at radius 2 is 2.31 bits per heavy atom. The Kier molecular flexibility index (Phi) is 4.54. The van der Waals surface area contributed by atoms with E-state index < -0.39 is 0 Å². The monoisotopic (exact) mass is 359 g/mol. The van der Waals surface area contributed by atoms with Crippen LogP contribution in [0.1, 0.15) is 34.8 Å². The van der Waals surface area contributed by atoms with E-state index in [-0.39, 0.29) is 11.5 Å². The summed E-state index contributed by atoms with van der Waals surface area (Å²) in [4.78, 5) is 14.5. The number of ether oxygens (including phenoxy) is 1. The third kappa shape index (κ3) is 3.26. The molecule has 1 N–H and O–H groups in total. The van der Waals surface area contributed by atoms with Crippen LogP contribution in [-0.4, -0.2) is 57.6 Å². The van der Waals surface area contributed by atoms with Crippen molar-refractivity contribution in [1.82, 2.24) is 25.2 Å². The highest BCUT2D eigenvalue weighted by Gasteiger charge is 2.52. The number of aromatic nitrogens is 3. The van der Waals surface area contributed by atoms with Gasteiger partial charge in [0.05, 0.1) is 11.3 Å². The second kappa shape index (κ2) is 6.85. The van der Waals surface area contributed by atoms with Gasteiger partial charge in [-0.25, -0.2) is 0 Å². The number of aryl methyl sites for hydroxylation is 2. The van der Waals surface area contributed by atoms with Crippen LogP contribution >= 0.6 is 0 Å². The zero-order valence-electron chi connectivity index (χ0n) is 15.3. The predicted octanol–water partition coefficient (Wildman–Crippen LogP) is 1.13. The molecule has 1 atom stereocenters. The van der Waals surface area contributed by atoms with Crippen LogP contribution in [0, 0.1) is 12.8 Å². The minimum atomic E-state index is -0.0744. The first kappa shape index (κ1) is 17.2. The van der Waals surface area contributed by atoms with E-state index >= 15 is 0 Å². The third-order valence-electron chi connectivity index (χ3n) is 5.48. The number of hydrogen-bond donors (Lipinski definition) is 1. The molecule has 0 aromatic carbocycles. The Morgan fingerprint density at radius 3 is 3.00 bits per heavy atom. The Labute approximate surface area is 152 Å². The number of amides is 1. The van der Waals surface area contributed by atoms with Crippen LogP contribution in [0.25, 0.3) is 0 Å². The minimum absolute atomic E-state index is 0.0595. The predicted molar refractivity (Wildman–Crippen MR) is 93.5 cm³/mol. The molecule has 140 valence electrons. The van der Waals surface area contributed by atoms with Gasteiger partial charge in [-0.05, 0) is 31.7 Å². The summed E-state index contributed by atoms with van der Waals surface area (Å²) < 4.78 is 12.8. The highest BCUT2D eigenvalue weighted by atomic mass is 16.5. The number of nitrogens with one attached hydrogen (secondary N) is 1. The lowest BCUT2D eigenvalue weighted by atomic mass is 9.79. The van der Waals surface area contributed by atoms with Crippen molar-refractivity contribution in [3.63, 3.8) is 0 Å². The lowest BCUT2D eigenvalue weighted by Gasteiger charge is -2.50. The van der Waals surface area contributed by atoms with Gasteiger partial charge in [-0.2, -0.15) is 5.10 Å². The first-order chi connectivity index (χ1) is 12.6. The van der Waals surface area contributed by atoms with Gasteiger partial charge in [-0.3, -0.25) is 14.4 Å². The smallest absolute Gasteiger partial charge is 0.269 e. The SMILES string of the molecule is Cc1cc(CN2CC3(C2)OCCC3CCNC(=O)c2ccnn2C)no1. The molecule has 8 heteroatoms. The van der Waals surface area contributed by atoms with Gasteiger partial charge >= 0.3 is 0 Å². The van der Waals surface area contributed by atoms with Gasteiger partial charge in [0, 0.05) is 52.1 Å². The van der Waals surface area contributed by atoms with Crippen LogP contribution in [0.3, 0.4) is 0 Å². The minimum Gasteiger partial charge on any atom is -0.372 e. The van der Waals surface area contributed by atoms with Crippen molar-refractivity contribution < 1.29 is 14.1 Å². The lowest BCUT2D eigenvalue weighted by molar-refractivity contribution is -0.137. The standard InChI is InChI=1S/C18H25N5O3/c1-13-9-15(21-26-13)10-23-11-18(12-23)14(5-8-25-18)3-6-19-17(24)16-4-7-20-22(16)2/h4,7,9,14H,3,5-6,8,10-12H2,1-2H3,(H,19,24). The van der Waals surface area contributed by atoms with Gasteiger partial charge < -0.3 is 14.6 Å². The van der Waals surface area contributed by atoms with Crippen molar-refractivity contribution in [1.29, 1.82) is 0 Å². The number of nitrogens with zero attached hydrogens (tertiary/aromatic N) is 4. The van der Waals surface area contributed by atoms with Gasteiger partial charge in [0.15, 0.2) is 0 Å². The zero-order chi connectivity index (χ0) is 18.1. The summed E-state index contributed by atoms with van der Waals surface area (Å²) in [6.45, 7) is 5.99. The quantitative estimate of drug-likeness (QED) is 0.832. The number of carbonyl (C=O) groups is 1. The van der Waals surface area contributed by atoms with E-state index in [4.69, 9.17) is 9.26 Å². The molecule has 2 aromatic rings. The maximum Gasteiger partial charge on any atom is 0.269 e. The van der Waals surface area contributed by atoms with Crippen molar-refractivity contribution >= 4 is 5.91 Å². The number of likely N-dealkylation sites (tertiary alicyclic amines) is 1. The van der Waals surface area contributed by atoms with E-state index in [1.807, 2.05) is 13.0 Å². The molecule has 8 nitrogen and oxygen atoms in total. The molecule has 4 rings (SSSR count). The van der Waals surface area contributed by atoms with Gasteiger partial charge in [0.2, 0.25) is 0 Å². The number of carbonyl (C=O) groups excluding carboxylic acids is 1. The molecule has 2 aromatic heterocycles. The molecule has 0 bridgehead atoms. The van der Waals surface area contributed by atoms with Crippen molar-refractivity contribution in [3.8, 4) is 0 Å². The maximum atomic E-state index is 12.2. The van der Waals surface area contributed by atoms with E-state index in [0.717, 1.165) is 50.5 Å². The van der Waals surface area contributed by atoms with Crippen LogP contribution in [0.5, 0.6) is 0 Å². The second-order valence-corrected chi connectivity index (χ2v) is 7.36. The summed E-state index contributed by atoms with van der Waals surface area (Å²) in [5.41, 5.74) is 1.49. The van der Waals surface area contributed by atoms with Crippen LogP contribution in [0.15, 0.2) is 22.9 Å². The largest absolute Gasteiger partial charge is 0.372 e. The number of rotatable bonds is 6. The topological polar surface area (TPSA) is 85.4 Å². The Bertz CT molecular complexity index is 777. The van der Waals surface area contributed by atoms with Gasteiger partial charge in [0.25, 0.3) is 5.91 Å². The fraction of sp³-hybridized carbons (Fsp3) is 0.611. The van der Waals surface area contributed by atoms with E-state index in [1.54, 1.807) is 24.0 Å². The second-order valence-electron chi connectivity index (χ2n) is 7.36. The molecule has 2 fully saturated rings. The molecule has 4 heterocycles. The fourth-order valence-electron chi connectivity index (χ4n) is 4.13. The lowest BCUT2D eigenvalue weighted by Crippen LogP contribution is -2.64. The Balaban J connectivity index is 1.25. The summed E-state index contributed by atoms with van der Waals surface area (Å²) >= 11 is 0. The average molecular weight is 359 g/mol. The van der Waals surface area contributed by atoms with E-state index in [0.29, 0.717) is 18.2 Å². The number of hydrogen-bond acceptors (Lipinski definition) is 6. The van der Waals surface area contributed by atoms with Crippen molar-refractivity contribution in [3.05, 3.63) is 35.5 Å². The van der Waals surface area contributed by atoms with Crippen LogP contribution in [0.4, 0.5) is 0 Å². The summed E-state index contributed by atoms with van der Waals surface area (Å²) in [5, 5.41) is 11.1. The normalized spacial score (nSPS) is 21.8. The zero-order valence-corrected chi connectivity index (χ0v) is 15.3. The molecular formula is C18H25N5O3. The molecular weight excluding hydrogens is 334 g/mol. The van der Waals surface area contributed by atoms with E-state index in [2.05, 4.69) is 20.5 Å². The fourth-order valence-corrected chi connectivity index (χ4v) is 4.13. The molecule has 1 unspecified atom stereocenters. The molecule has 26 heavy (non-hydrogen) atoms. The molecule has 0 radical (unpaired) electrons. The molecule has 1 amide bonds. The highest BCUT2D eigenvalue weighted by Crippen LogP contribution is 2.41. The maximum absolute atomic E-state index is 12.2. The molecule has 1 spiro atoms. The summed E-state index contributed by atoms with van der Waals surface area (Å²) in [6.07, 6.45) is 3.62. The van der Waals surface area contributed by atoms with Crippen molar-refractivity contribution in [2.75, 3.05) is 26.2 Å². The first-order valence-corrected chi connectivity index (χ1v) is 9.10. The van der Waals surface area contributed by atoms with Crippen molar-refractivity contribution in [2.24, 2.45) is 13.0 Å². The highest BCUT2D eigenvalue weighted by molar-refractivity contribution is 5.92. The molecule has 2 aliphatic heterocycles. The summed E-state index contributed by atoms with van der Waals surface area (Å²) in [7, 11) is 1.77. The van der Waals surface area contributed by atoms with Gasteiger partial charge in [-0.1, -0.05) is 5.16 Å². The van der Waals surface area contributed by atoms with Crippen LogP contribution in [0.2, 0.25) is 0 Å². The average Bonchev–Trinajstić information content (AvgIpc) is 3.28. The molecule has 2 aliphatic rings. The van der Waals surface area contributed by atoms with Crippen molar-refractivity contribution in [2.45, 2.75) is 31.9 Å². The Hall–Kier alpha value is -2.19. The molecule has 2 saturated heterocycles. The summed E-state index contributed by atoms with van der Waals surface area (Å²) in [6, 6.07) is 3.71. The van der Waals surface area contributed by atoms with Gasteiger partial charge in [0.1, 0.15) is 11.5 Å². The Morgan fingerprint density at radius 1 is 1.46 bits per heavy atom. The summed E-state index contributed by atoms with van der Waals surface area (Å²) in [5.74, 6) is 1.24. The van der Waals surface area contributed by atoms with Crippen LogP contribution in [-0.2, 0) is 18.3 Å². The van der Waals surface area contributed by atoms with E-state index in [1.165, 1.54) is 0 Å². The van der Waals surface area contributed by atoms with Crippen LogP contribution < -0.4 is 5.32 Å².